The molecule has 8 heteroatoms. The van der Waals surface area contributed by atoms with Gasteiger partial charge in [-0.15, -0.1) is 0 Å². The lowest BCUT2D eigenvalue weighted by molar-refractivity contribution is -0.384. The number of nitrogens with zero attached hydrogens (tertiary/aromatic N) is 4. The van der Waals surface area contributed by atoms with E-state index >= 15 is 0 Å². The molecule has 1 heterocycles. The van der Waals surface area contributed by atoms with Crippen LogP contribution in [0, 0.1) is 10.1 Å². The van der Waals surface area contributed by atoms with Crippen LogP contribution in [0.15, 0.2) is 60.9 Å². The highest BCUT2D eigenvalue weighted by atomic mass is 16.6. The molecule has 3 rings (SSSR count). The first kappa shape index (κ1) is 16.6. The van der Waals surface area contributed by atoms with Gasteiger partial charge >= 0.3 is 0 Å². The lowest BCUT2D eigenvalue weighted by atomic mass is 10.2. The van der Waals surface area contributed by atoms with Crippen LogP contribution in [-0.4, -0.2) is 37.5 Å². The number of nitro benzene ring substituents is 1. The highest BCUT2D eigenvalue weighted by Crippen LogP contribution is 2.19. The summed E-state index contributed by atoms with van der Waals surface area (Å²) in [5.74, 6) is 0.907. The van der Waals surface area contributed by atoms with Crippen LogP contribution in [0.1, 0.15) is 0 Å². The summed E-state index contributed by atoms with van der Waals surface area (Å²) in [6.07, 6.45) is 0.712. The number of benzene rings is 2. The Morgan fingerprint density at radius 1 is 1.20 bits per heavy atom. The van der Waals surface area contributed by atoms with Crippen molar-refractivity contribution in [1.29, 1.82) is 0 Å². The van der Waals surface area contributed by atoms with Gasteiger partial charge in [-0.3, -0.25) is 10.1 Å². The van der Waals surface area contributed by atoms with Crippen LogP contribution >= 0.6 is 0 Å². The quantitative estimate of drug-likeness (QED) is 0.523. The molecule has 25 heavy (non-hydrogen) atoms. The van der Waals surface area contributed by atoms with E-state index in [0.717, 1.165) is 5.56 Å². The summed E-state index contributed by atoms with van der Waals surface area (Å²) in [5, 5.41) is 25.1. The van der Waals surface area contributed by atoms with E-state index in [2.05, 4.69) is 10.1 Å². The van der Waals surface area contributed by atoms with E-state index in [1.165, 1.54) is 22.9 Å². The fourth-order valence-corrected chi connectivity index (χ4v) is 2.25. The number of non-ortho nitro benzene ring substituents is 1. The molecule has 2 aromatic carbocycles. The standard InChI is InChI=1S/C17H16N4O4/c22-15(11-25-16-8-4-7-14(9-16)21(23)24)10-20-12-18-17(19-20)13-5-2-1-3-6-13/h1-9,12,15,22H,10-11H2. The Morgan fingerprint density at radius 3 is 2.76 bits per heavy atom. The first-order chi connectivity index (χ1) is 12.1. The van der Waals surface area contributed by atoms with Gasteiger partial charge in [0.1, 0.15) is 24.8 Å². The summed E-state index contributed by atoms with van der Waals surface area (Å²) in [7, 11) is 0. The highest BCUT2D eigenvalue weighted by Gasteiger charge is 2.11. The van der Waals surface area contributed by atoms with Crippen molar-refractivity contribution in [2.75, 3.05) is 6.61 Å². The van der Waals surface area contributed by atoms with Crippen molar-refractivity contribution in [1.82, 2.24) is 14.8 Å². The molecule has 0 spiro atoms. The number of aliphatic hydroxyl groups excluding tert-OH is 1. The maximum absolute atomic E-state index is 10.7. The van der Waals surface area contributed by atoms with Gasteiger partial charge in [0, 0.05) is 11.6 Å². The Kier molecular flexibility index (Phi) is 5.00. The average molecular weight is 340 g/mol. The van der Waals surface area contributed by atoms with Gasteiger partial charge in [0.05, 0.1) is 17.5 Å². The Balaban J connectivity index is 1.56. The molecule has 1 atom stereocenters. The SMILES string of the molecule is O=[N+]([O-])c1cccc(OCC(O)Cn2cnc(-c3ccccc3)n2)c1. The van der Waals surface area contributed by atoms with Gasteiger partial charge in [0.15, 0.2) is 5.82 Å². The van der Waals surface area contributed by atoms with E-state index in [4.69, 9.17) is 4.74 Å². The molecular formula is C17H16N4O4. The van der Waals surface area contributed by atoms with Crippen molar-refractivity contribution in [3.63, 3.8) is 0 Å². The minimum atomic E-state index is -0.829. The molecule has 1 unspecified atom stereocenters. The van der Waals surface area contributed by atoms with Crippen LogP contribution in [0.25, 0.3) is 11.4 Å². The third-order valence-corrected chi connectivity index (χ3v) is 3.44. The Labute approximate surface area is 143 Å². The molecule has 128 valence electrons. The number of ether oxygens (including phenoxy) is 1. The topological polar surface area (TPSA) is 103 Å². The lowest BCUT2D eigenvalue weighted by Gasteiger charge is -2.12. The minimum absolute atomic E-state index is 0.0122. The largest absolute Gasteiger partial charge is 0.491 e. The summed E-state index contributed by atoms with van der Waals surface area (Å²) in [4.78, 5) is 14.5. The zero-order chi connectivity index (χ0) is 17.6. The third-order valence-electron chi connectivity index (χ3n) is 3.44. The highest BCUT2D eigenvalue weighted by molar-refractivity contribution is 5.53. The fourth-order valence-electron chi connectivity index (χ4n) is 2.25. The van der Waals surface area contributed by atoms with Crippen LogP contribution in [0.5, 0.6) is 5.75 Å². The van der Waals surface area contributed by atoms with E-state index in [1.807, 2.05) is 30.3 Å². The molecule has 0 aliphatic heterocycles. The summed E-state index contributed by atoms with van der Waals surface area (Å²) in [6, 6.07) is 15.3. The van der Waals surface area contributed by atoms with Gasteiger partial charge < -0.3 is 9.84 Å². The smallest absolute Gasteiger partial charge is 0.273 e. The van der Waals surface area contributed by atoms with Gasteiger partial charge in [0.2, 0.25) is 0 Å². The van der Waals surface area contributed by atoms with Crippen LogP contribution in [0.4, 0.5) is 5.69 Å². The second kappa shape index (κ2) is 7.54. The molecule has 0 aliphatic rings. The first-order valence-electron chi connectivity index (χ1n) is 7.62. The summed E-state index contributed by atoms with van der Waals surface area (Å²) in [5.41, 5.74) is 0.833. The van der Waals surface area contributed by atoms with Crippen LogP contribution in [0.3, 0.4) is 0 Å². The molecule has 0 bridgehead atoms. The van der Waals surface area contributed by atoms with Crippen molar-refractivity contribution in [2.24, 2.45) is 0 Å². The van der Waals surface area contributed by atoms with Gasteiger partial charge in [-0.05, 0) is 6.07 Å². The van der Waals surface area contributed by atoms with Crippen LogP contribution < -0.4 is 4.74 Å². The minimum Gasteiger partial charge on any atom is -0.491 e. The van der Waals surface area contributed by atoms with Gasteiger partial charge in [-0.2, -0.15) is 5.10 Å². The average Bonchev–Trinajstić information content (AvgIpc) is 3.09. The van der Waals surface area contributed by atoms with Gasteiger partial charge in [-0.25, -0.2) is 9.67 Å². The fraction of sp³-hybridized carbons (Fsp3) is 0.176. The van der Waals surface area contributed by atoms with Crippen LogP contribution in [-0.2, 0) is 6.54 Å². The second-order valence-corrected chi connectivity index (χ2v) is 5.38. The second-order valence-electron chi connectivity index (χ2n) is 5.38. The van der Waals surface area contributed by atoms with Crippen molar-refractivity contribution < 1.29 is 14.8 Å². The molecule has 0 radical (unpaired) electrons. The van der Waals surface area contributed by atoms with E-state index in [-0.39, 0.29) is 18.8 Å². The van der Waals surface area contributed by atoms with E-state index < -0.39 is 11.0 Å². The number of hydrogen-bond donors (Lipinski definition) is 1. The predicted octanol–water partition coefficient (Wildman–Crippen LogP) is 2.29. The van der Waals surface area contributed by atoms with Gasteiger partial charge in [-0.1, -0.05) is 36.4 Å². The maximum Gasteiger partial charge on any atom is 0.273 e. The number of rotatable bonds is 7. The molecule has 8 nitrogen and oxygen atoms in total. The monoisotopic (exact) mass is 340 g/mol. The molecule has 0 amide bonds. The first-order valence-corrected chi connectivity index (χ1v) is 7.62. The molecule has 0 saturated heterocycles. The number of aliphatic hydroxyl groups is 1. The van der Waals surface area contributed by atoms with Crippen molar-refractivity contribution >= 4 is 5.69 Å². The number of hydrogen-bond acceptors (Lipinski definition) is 6. The molecule has 1 aromatic heterocycles. The van der Waals surface area contributed by atoms with Crippen molar-refractivity contribution in [3.05, 3.63) is 71.0 Å². The Bertz CT molecular complexity index is 851. The molecule has 3 aromatic rings. The number of nitro groups is 1. The van der Waals surface area contributed by atoms with E-state index in [1.54, 1.807) is 12.4 Å². The molecule has 1 N–H and O–H groups in total. The van der Waals surface area contributed by atoms with Crippen molar-refractivity contribution in [2.45, 2.75) is 12.6 Å². The Morgan fingerprint density at radius 2 is 2.00 bits per heavy atom. The molecule has 0 aliphatic carbocycles. The molecular weight excluding hydrogens is 324 g/mol. The van der Waals surface area contributed by atoms with E-state index in [9.17, 15) is 15.2 Å². The van der Waals surface area contributed by atoms with E-state index in [0.29, 0.717) is 11.6 Å². The van der Waals surface area contributed by atoms with Crippen molar-refractivity contribution in [3.8, 4) is 17.1 Å². The predicted molar refractivity (Wildman–Crippen MR) is 90.1 cm³/mol. The molecule has 0 fully saturated rings. The lowest BCUT2D eigenvalue weighted by Crippen LogP contribution is -2.23. The normalized spacial score (nSPS) is 11.9. The summed E-state index contributed by atoms with van der Waals surface area (Å²) < 4.78 is 6.94. The Hall–Kier alpha value is -3.26. The zero-order valence-corrected chi connectivity index (χ0v) is 13.2. The number of aromatic nitrogens is 3. The summed E-state index contributed by atoms with van der Waals surface area (Å²) >= 11 is 0. The zero-order valence-electron chi connectivity index (χ0n) is 13.2. The van der Waals surface area contributed by atoms with Crippen LogP contribution in [0.2, 0.25) is 0 Å². The summed E-state index contributed by atoms with van der Waals surface area (Å²) in [6.45, 7) is 0.191. The third kappa shape index (κ3) is 4.39. The molecule has 0 saturated carbocycles. The van der Waals surface area contributed by atoms with Gasteiger partial charge in [0.25, 0.3) is 5.69 Å². The maximum atomic E-state index is 10.7.